The third-order valence-electron chi connectivity index (χ3n) is 2.79. The molecular weight excluding hydrogens is 256 g/mol. The summed E-state index contributed by atoms with van der Waals surface area (Å²) < 4.78 is 2.34. The minimum atomic E-state index is 0.306. The van der Waals surface area contributed by atoms with Crippen LogP contribution in [0.2, 0.25) is 0 Å². The fourth-order valence-electron chi connectivity index (χ4n) is 1.76. The normalized spacial score (nSPS) is 14.1. The Morgan fingerprint density at radius 3 is 2.58 bits per heavy atom. The molecule has 1 heterocycles. The van der Waals surface area contributed by atoms with E-state index in [0.717, 1.165) is 24.5 Å². The van der Waals surface area contributed by atoms with E-state index in [2.05, 4.69) is 50.0 Å². The average molecular weight is 284 g/mol. The van der Waals surface area contributed by atoms with Crippen LogP contribution in [-0.2, 0) is 13.0 Å². The number of aromatic nitrogens is 3. The van der Waals surface area contributed by atoms with Gasteiger partial charge in [0.05, 0.1) is 0 Å². The van der Waals surface area contributed by atoms with Crippen molar-refractivity contribution in [2.24, 2.45) is 5.92 Å². The van der Waals surface area contributed by atoms with Crippen LogP contribution in [0.25, 0.3) is 0 Å². The molecule has 1 N–H and O–H groups in total. The molecule has 0 amide bonds. The number of hydrogen-bond acceptors (Lipinski definition) is 4. The van der Waals surface area contributed by atoms with Gasteiger partial charge in [0.15, 0.2) is 0 Å². The zero-order chi connectivity index (χ0) is 14.5. The summed E-state index contributed by atoms with van der Waals surface area (Å²) in [5, 5.41) is 7.72. The second-order valence-electron chi connectivity index (χ2n) is 6.37. The second-order valence-corrected chi connectivity index (χ2v) is 8.21. The van der Waals surface area contributed by atoms with E-state index in [0.29, 0.717) is 16.7 Å². The first kappa shape index (κ1) is 16.5. The van der Waals surface area contributed by atoms with Crippen molar-refractivity contribution in [1.29, 1.82) is 0 Å². The summed E-state index contributed by atoms with van der Waals surface area (Å²) in [4.78, 5) is 4.40. The van der Waals surface area contributed by atoms with E-state index in [-0.39, 0.29) is 0 Å². The number of likely N-dealkylation sites (N-methyl/N-ethyl adjacent to an activating group) is 1. The lowest BCUT2D eigenvalue weighted by atomic mass is 10.2. The molecule has 19 heavy (non-hydrogen) atoms. The number of thioether (sulfide) groups is 1. The summed E-state index contributed by atoms with van der Waals surface area (Å²) in [6.45, 7) is 12.1. The van der Waals surface area contributed by atoms with Crippen LogP contribution in [0, 0.1) is 5.92 Å². The summed E-state index contributed by atoms with van der Waals surface area (Å²) in [6, 6.07) is 0.444. The molecule has 1 unspecified atom stereocenters. The summed E-state index contributed by atoms with van der Waals surface area (Å²) in [5.41, 5.74) is 0. The van der Waals surface area contributed by atoms with Crippen LogP contribution in [-0.4, -0.2) is 38.4 Å². The van der Waals surface area contributed by atoms with Crippen molar-refractivity contribution in [1.82, 2.24) is 20.1 Å². The molecule has 1 atom stereocenters. The van der Waals surface area contributed by atoms with Gasteiger partial charge in [0.2, 0.25) is 0 Å². The Hall–Kier alpha value is -0.550. The molecule has 4 nitrogen and oxygen atoms in total. The molecule has 0 saturated carbocycles. The molecule has 0 bridgehead atoms. The van der Waals surface area contributed by atoms with E-state index in [9.17, 15) is 0 Å². The zero-order valence-electron chi connectivity index (χ0n) is 13.1. The third kappa shape index (κ3) is 6.43. The molecule has 0 saturated heterocycles. The van der Waals surface area contributed by atoms with Gasteiger partial charge in [0.25, 0.3) is 0 Å². The van der Waals surface area contributed by atoms with E-state index in [1.165, 1.54) is 0 Å². The molecule has 1 aromatic rings. The van der Waals surface area contributed by atoms with Crippen molar-refractivity contribution in [2.75, 3.05) is 12.8 Å². The van der Waals surface area contributed by atoms with Crippen molar-refractivity contribution in [3.63, 3.8) is 0 Å². The highest BCUT2D eigenvalue weighted by atomic mass is 32.2. The Morgan fingerprint density at radius 1 is 1.37 bits per heavy atom. The van der Waals surface area contributed by atoms with Gasteiger partial charge >= 0.3 is 0 Å². The molecular formula is C14H28N4S. The van der Waals surface area contributed by atoms with Crippen LogP contribution in [0.4, 0.5) is 0 Å². The predicted molar refractivity (Wildman–Crippen MR) is 83.6 cm³/mol. The molecule has 5 heteroatoms. The summed E-state index contributed by atoms with van der Waals surface area (Å²) >= 11 is 1.99. The molecule has 0 aliphatic heterocycles. The maximum absolute atomic E-state index is 4.40. The third-order valence-corrected chi connectivity index (χ3v) is 4.22. The van der Waals surface area contributed by atoms with Crippen LogP contribution in [0.1, 0.15) is 40.4 Å². The topological polar surface area (TPSA) is 42.7 Å². The minimum absolute atomic E-state index is 0.306. The van der Waals surface area contributed by atoms with Gasteiger partial charge in [-0.3, -0.25) is 0 Å². The van der Waals surface area contributed by atoms with Crippen LogP contribution >= 0.6 is 11.8 Å². The summed E-state index contributed by atoms with van der Waals surface area (Å²) in [5.74, 6) is 2.77. The van der Waals surface area contributed by atoms with Gasteiger partial charge in [0.1, 0.15) is 12.2 Å². The molecule has 0 spiro atoms. The Balaban J connectivity index is 2.58. The van der Waals surface area contributed by atoms with E-state index in [4.69, 9.17) is 0 Å². The molecule has 1 rings (SSSR count). The Morgan fingerprint density at radius 2 is 2.05 bits per heavy atom. The molecule has 1 aromatic heterocycles. The maximum atomic E-state index is 4.40. The molecule has 0 aliphatic carbocycles. The minimum Gasteiger partial charge on any atom is -0.316 e. The van der Waals surface area contributed by atoms with Crippen LogP contribution < -0.4 is 5.32 Å². The summed E-state index contributed by atoms with van der Waals surface area (Å²) in [7, 11) is 2.02. The van der Waals surface area contributed by atoms with Crippen LogP contribution in [0.3, 0.4) is 0 Å². The Bertz CT molecular complexity index is 368. The highest BCUT2D eigenvalue weighted by molar-refractivity contribution is 8.00. The number of nitrogens with zero attached hydrogens (tertiary/aromatic N) is 3. The largest absolute Gasteiger partial charge is 0.316 e. The van der Waals surface area contributed by atoms with Gasteiger partial charge in [-0.15, -0.1) is 0 Å². The summed E-state index contributed by atoms with van der Waals surface area (Å²) in [6.07, 6.45) is 2.60. The molecule has 0 aromatic carbocycles. The molecule has 110 valence electrons. The van der Waals surface area contributed by atoms with E-state index in [1.807, 2.05) is 23.5 Å². The Labute approximate surface area is 121 Å². The maximum Gasteiger partial charge on any atom is 0.138 e. The van der Waals surface area contributed by atoms with Crippen LogP contribution in [0.15, 0.2) is 6.33 Å². The average Bonchev–Trinajstić information content (AvgIpc) is 2.69. The first-order valence-corrected chi connectivity index (χ1v) is 7.98. The van der Waals surface area contributed by atoms with Crippen molar-refractivity contribution in [3.8, 4) is 0 Å². The van der Waals surface area contributed by atoms with Gasteiger partial charge in [-0.2, -0.15) is 16.9 Å². The van der Waals surface area contributed by atoms with Crippen molar-refractivity contribution in [2.45, 2.75) is 58.4 Å². The second kappa shape index (κ2) is 7.29. The number of nitrogens with one attached hydrogen (secondary N) is 1. The van der Waals surface area contributed by atoms with Crippen LogP contribution in [0.5, 0.6) is 0 Å². The Kier molecular flexibility index (Phi) is 6.33. The van der Waals surface area contributed by atoms with Crippen molar-refractivity contribution >= 4 is 11.8 Å². The lowest BCUT2D eigenvalue weighted by Gasteiger charge is -2.22. The van der Waals surface area contributed by atoms with E-state index >= 15 is 0 Å². The number of rotatable bonds is 7. The highest BCUT2D eigenvalue weighted by Crippen LogP contribution is 2.24. The van der Waals surface area contributed by atoms with Gasteiger partial charge in [-0.25, -0.2) is 9.67 Å². The van der Waals surface area contributed by atoms with Crippen molar-refractivity contribution in [3.05, 3.63) is 12.2 Å². The quantitative estimate of drug-likeness (QED) is 0.836. The predicted octanol–water partition coefficient (Wildman–Crippen LogP) is 2.60. The monoisotopic (exact) mass is 284 g/mol. The van der Waals surface area contributed by atoms with E-state index in [1.54, 1.807) is 6.33 Å². The number of hydrogen-bond donors (Lipinski definition) is 1. The van der Waals surface area contributed by atoms with Gasteiger partial charge in [-0.1, -0.05) is 34.6 Å². The standard InChI is InChI=1S/C14H28N4S/c1-11(2)8-18-13(16-10-17-18)7-12(15-6)9-19-14(3,4)5/h10-12,15H,7-9H2,1-6H3. The molecule has 0 fully saturated rings. The first-order chi connectivity index (χ1) is 8.81. The van der Waals surface area contributed by atoms with E-state index < -0.39 is 0 Å². The van der Waals surface area contributed by atoms with Gasteiger partial charge in [-0.05, 0) is 13.0 Å². The SMILES string of the molecule is CNC(CSC(C)(C)C)Cc1ncnn1CC(C)C. The fraction of sp³-hybridized carbons (Fsp3) is 0.857. The molecule has 0 aliphatic rings. The van der Waals surface area contributed by atoms with Crippen molar-refractivity contribution < 1.29 is 0 Å². The highest BCUT2D eigenvalue weighted by Gasteiger charge is 2.17. The lowest BCUT2D eigenvalue weighted by Crippen LogP contribution is -2.33. The smallest absolute Gasteiger partial charge is 0.138 e. The lowest BCUT2D eigenvalue weighted by molar-refractivity contribution is 0.455. The molecule has 0 radical (unpaired) electrons. The first-order valence-electron chi connectivity index (χ1n) is 6.99. The fourth-order valence-corrected chi connectivity index (χ4v) is 2.75. The zero-order valence-corrected chi connectivity index (χ0v) is 13.9. The van der Waals surface area contributed by atoms with Gasteiger partial charge in [0, 0.05) is 29.5 Å². The van der Waals surface area contributed by atoms with Gasteiger partial charge < -0.3 is 5.32 Å².